The van der Waals surface area contributed by atoms with E-state index in [0.717, 1.165) is 0 Å². The maximum atomic E-state index is 15.5. The average molecular weight is 549 g/mol. The molecule has 2 aromatic carbocycles. The van der Waals surface area contributed by atoms with Crippen molar-refractivity contribution in [2.75, 3.05) is 13.1 Å². The predicted octanol–water partition coefficient (Wildman–Crippen LogP) is 5.27. The minimum Gasteiger partial charge on any atom is -0.430 e. The Kier molecular flexibility index (Phi) is 9.06. The summed E-state index contributed by atoms with van der Waals surface area (Å²) in [7, 11) is 0. The number of nitrogens with zero attached hydrogens (tertiary/aromatic N) is 1. The van der Waals surface area contributed by atoms with Crippen molar-refractivity contribution in [1.82, 2.24) is 16.0 Å². The van der Waals surface area contributed by atoms with Gasteiger partial charge in [-0.25, -0.2) is 9.18 Å². The Morgan fingerprint density at radius 2 is 1.78 bits per heavy atom. The lowest BCUT2D eigenvalue weighted by molar-refractivity contribution is -0.118. The number of carbonyl (C=O) groups is 2. The quantitative estimate of drug-likeness (QED) is 0.408. The third-order valence-corrected chi connectivity index (χ3v) is 6.89. The minimum absolute atomic E-state index is 0.0989. The molecule has 1 aliphatic heterocycles. The van der Waals surface area contributed by atoms with E-state index >= 15 is 4.39 Å². The molecule has 2 aromatic rings. The fourth-order valence-electron chi connectivity index (χ4n) is 4.86. The van der Waals surface area contributed by atoms with E-state index in [1.165, 1.54) is 13.0 Å². The SMILES string of the molecule is CC(=O)NCCNC(=O)O[C@H]1N[C@@H](CC(C)(C)C)[C@](C#N)(c2ccc(Cl)cc2)[C@H]1c1cccc(Cl)c1F. The first-order valence-electron chi connectivity index (χ1n) is 11.9. The molecular formula is C27H31Cl2FN4O3. The number of halogens is 3. The molecule has 0 aromatic heterocycles. The van der Waals surface area contributed by atoms with Gasteiger partial charge in [-0.2, -0.15) is 5.26 Å². The largest absolute Gasteiger partial charge is 0.430 e. The first kappa shape index (κ1) is 28.7. The van der Waals surface area contributed by atoms with Crippen LogP contribution >= 0.6 is 23.2 Å². The van der Waals surface area contributed by atoms with Crippen molar-refractivity contribution in [3.05, 3.63) is 69.5 Å². The molecule has 0 unspecified atom stereocenters. The van der Waals surface area contributed by atoms with Gasteiger partial charge in [-0.1, -0.05) is 68.2 Å². The van der Waals surface area contributed by atoms with Crippen LogP contribution in [0.25, 0.3) is 0 Å². The number of ether oxygens (including phenoxy) is 1. The van der Waals surface area contributed by atoms with E-state index in [2.05, 4.69) is 22.0 Å². The standard InChI is InChI=1S/C27H31Cl2FN4O3/c1-16(35)32-12-13-33-25(36)37-24-22(19-6-5-7-20(29)23(19)30)27(15-31,17-8-10-18(28)11-9-17)21(34-24)14-26(2,3)4/h5-11,21-22,24,34H,12-14H2,1-4H3,(H,32,35)(H,33,36)/t21-,22-,24+,27-/m0/s1. The molecule has 10 heteroatoms. The number of benzene rings is 2. The Morgan fingerprint density at radius 1 is 1.14 bits per heavy atom. The zero-order chi connectivity index (χ0) is 27.4. The second-order valence-corrected chi connectivity index (χ2v) is 11.2. The summed E-state index contributed by atoms with van der Waals surface area (Å²) < 4.78 is 21.3. The van der Waals surface area contributed by atoms with Crippen LogP contribution in [0, 0.1) is 22.6 Å². The molecule has 37 heavy (non-hydrogen) atoms. The number of rotatable bonds is 7. The molecule has 1 heterocycles. The Balaban J connectivity index is 2.11. The Labute approximate surface area is 226 Å². The van der Waals surface area contributed by atoms with Crippen LogP contribution in [0.3, 0.4) is 0 Å². The Bertz CT molecular complexity index is 1180. The number of nitriles is 1. The van der Waals surface area contributed by atoms with Crippen LogP contribution in [0.15, 0.2) is 42.5 Å². The van der Waals surface area contributed by atoms with E-state index in [1.54, 1.807) is 36.4 Å². The number of amides is 2. The summed E-state index contributed by atoms with van der Waals surface area (Å²) in [6.07, 6.45) is -1.31. The summed E-state index contributed by atoms with van der Waals surface area (Å²) >= 11 is 12.3. The summed E-state index contributed by atoms with van der Waals surface area (Å²) in [6.45, 7) is 7.84. The average Bonchev–Trinajstić information content (AvgIpc) is 3.10. The van der Waals surface area contributed by atoms with Gasteiger partial charge < -0.3 is 15.4 Å². The second-order valence-electron chi connectivity index (χ2n) is 10.3. The lowest BCUT2D eigenvalue weighted by Gasteiger charge is -2.37. The summed E-state index contributed by atoms with van der Waals surface area (Å²) in [6, 6.07) is 13.4. The molecule has 7 nitrogen and oxygen atoms in total. The number of carbonyl (C=O) groups excluding carboxylic acids is 2. The highest BCUT2D eigenvalue weighted by atomic mass is 35.5. The Hall–Kier alpha value is -2.86. The summed E-state index contributed by atoms with van der Waals surface area (Å²) in [4.78, 5) is 23.8. The van der Waals surface area contributed by atoms with Gasteiger partial charge in [-0.05, 0) is 41.2 Å². The van der Waals surface area contributed by atoms with E-state index in [4.69, 9.17) is 27.9 Å². The molecule has 3 rings (SSSR count). The third kappa shape index (κ3) is 6.53. The van der Waals surface area contributed by atoms with Gasteiger partial charge >= 0.3 is 6.09 Å². The molecule has 1 aliphatic rings. The van der Waals surface area contributed by atoms with Gasteiger partial charge in [-0.3, -0.25) is 10.1 Å². The molecular weight excluding hydrogens is 518 g/mol. The lowest BCUT2D eigenvalue weighted by atomic mass is 9.64. The minimum atomic E-state index is -1.33. The second kappa shape index (κ2) is 11.7. The first-order chi connectivity index (χ1) is 17.4. The number of nitrogens with one attached hydrogen (secondary N) is 3. The van der Waals surface area contributed by atoms with Gasteiger partial charge in [0.2, 0.25) is 5.91 Å². The van der Waals surface area contributed by atoms with Crippen LogP contribution in [-0.2, 0) is 14.9 Å². The van der Waals surface area contributed by atoms with Crippen molar-refractivity contribution in [2.24, 2.45) is 5.41 Å². The molecule has 0 aliphatic carbocycles. The molecule has 0 spiro atoms. The lowest BCUT2D eigenvalue weighted by Crippen LogP contribution is -2.44. The van der Waals surface area contributed by atoms with Crippen molar-refractivity contribution in [3.63, 3.8) is 0 Å². The molecule has 1 saturated heterocycles. The maximum absolute atomic E-state index is 15.5. The van der Waals surface area contributed by atoms with Crippen molar-refractivity contribution in [3.8, 4) is 6.07 Å². The summed E-state index contributed by atoms with van der Waals surface area (Å²) in [5.74, 6) is -1.85. The van der Waals surface area contributed by atoms with E-state index < -0.39 is 35.5 Å². The monoisotopic (exact) mass is 548 g/mol. The fraction of sp³-hybridized carbons (Fsp3) is 0.444. The van der Waals surface area contributed by atoms with Crippen molar-refractivity contribution >= 4 is 35.2 Å². The Morgan fingerprint density at radius 3 is 2.38 bits per heavy atom. The van der Waals surface area contributed by atoms with Crippen LogP contribution in [0.4, 0.5) is 9.18 Å². The number of alkyl carbamates (subject to hydrolysis) is 1. The van der Waals surface area contributed by atoms with Crippen molar-refractivity contribution in [1.29, 1.82) is 5.26 Å². The maximum Gasteiger partial charge on any atom is 0.408 e. The van der Waals surface area contributed by atoms with Gasteiger partial charge in [-0.15, -0.1) is 0 Å². The smallest absolute Gasteiger partial charge is 0.408 e. The molecule has 0 bridgehead atoms. The first-order valence-corrected chi connectivity index (χ1v) is 12.7. The molecule has 0 radical (unpaired) electrons. The van der Waals surface area contributed by atoms with E-state index in [1.807, 2.05) is 20.8 Å². The highest BCUT2D eigenvalue weighted by Gasteiger charge is 2.60. The number of hydrogen-bond acceptors (Lipinski definition) is 5. The van der Waals surface area contributed by atoms with Crippen LogP contribution in [0.1, 0.15) is 51.2 Å². The van der Waals surface area contributed by atoms with Crippen molar-refractivity contribution in [2.45, 2.75) is 57.7 Å². The molecule has 4 atom stereocenters. The summed E-state index contributed by atoms with van der Waals surface area (Å²) in [5, 5.41) is 19.7. The van der Waals surface area contributed by atoms with Gasteiger partial charge in [0, 0.05) is 31.1 Å². The highest BCUT2D eigenvalue weighted by molar-refractivity contribution is 6.31. The van der Waals surface area contributed by atoms with Crippen LogP contribution in [-0.4, -0.2) is 37.4 Å². The van der Waals surface area contributed by atoms with Gasteiger partial charge in [0.05, 0.1) is 17.0 Å². The highest BCUT2D eigenvalue weighted by Crippen LogP contribution is 2.52. The van der Waals surface area contributed by atoms with Crippen LogP contribution in [0.2, 0.25) is 10.0 Å². The van der Waals surface area contributed by atoms with Gasteiger partial charge in [0.25, 0.3) is 0 Å². The van der Waals surface area contributed by atoms with Crippen molar-refractivity contribution < 1.29 is 18.7 Å². The molecule has 2 amide bonds. The zero-order valence-corrected chi connectivity index (χ0v) is 22.7. The zero-order valence-electron chi connectivity index (χ0n) is 21.2. The molecule has 198 valence electrons. The molecule has 0 saturated carbocycles. The van der Waals surface area contributed by atoms with Crippen LogP contribution < -0.4 is 16.0 Å². The van der Waals surface area contributed by atoms with E-state index in [-0.39, 0.29) is 35.0 Å². The molecule has 1 fully saturated rings. The van der Waals surface area contributed by atoms with Crippen LogP contribution in [0.5, 0.6) is 0 Å². The van der Waals surface area contributed by atoms with Gasteiger partial charge in [0.15, 0.2) is 6.23 Å². The topological polar surface area (TPSA) is 103 Å². The summed E-state index contributed by atoms with van der Waals surface area (Å²) in [5.41, 5.74) is -0.782. The third-order valence-electron chi connectivity index (χ3n) is 6.35. The van der Waals surface area contributed by atoms with E-state index in [0.29, 0.717) is 17.0 Å². The fourth-order valence-corrected chi connectivity index (χ4v) is 5.17. The molecule has 3 N–H and O–H groups in total. The number of hydrogen-bond donors (Lipinski definition) is 3. The normalized spacial score (nSPS) is 23.2. The van der Waals surface area contributed by atoms with E-state index in [9.17, 15) is 14.9 Å². The van der Waals surface area contributed by atoms with Gasteiger partial charge in [0.1, 0.15) is 11.2 Å². The predicted molar refractivity (Wildman–Crippen MR) is 141 cm³/mol.